The van der Waals surface area contributed by atoms with Crippen LogP contribution in [0.4, 0.5) is 0 Å². The van der Waals surface area contributed by atoms with Gasteiger partial charge in [-0.1, -0.05) is 23.2 Å². The highest BCUT2D eigenvalue weighted by atomic mass is 127. The standard InChI is InChI=1S/C15H11Cl2IO2S/c1-19-15(21)7-9-6-11(3-4-13(9)18)20-14-5-2-10(16)8-12(14)17/h2-6,8H,7H2,1H3. The van der Waals surface area contributed by atoms with Crippen molar-refractivity contribution >= 4 is 63.1 Å². The second-order valence-electron chi connectivity index (χ2n) is 4.18. The van der Waals surface area contributed by atoms with Gasteiger partial charge in [-0.25, -0.2) is 0 Å². The van der Waals surface area contributed by atoms with Gasteiger partial charge in [0.2, 0.25) is 0 Å². The molecule has 0 saturated carbocycles. The van der Waals surface area contributed by atoms with E-state index in [1.807, 2.05) is 18.2 Å². The number of rotatable bonds is 4. The molecule has 0 unspecified atom stereocenters. The van der Waals surface area contributed by atoms with Gasteiger partial charge < -0.3 is 9.47 Å². The summed E-state index contributed by atoms with van der Waals surface area (Å²) in [6.45, 7) is 0. The zero-order valence-corrected chi connectivity index (χ0v) is 15.5. The first-order chi connectivity index (χ1) is 9.99. The minimum absolute atomic E-state index is 0.468. The Morgan fingerprint density at radius 2 is 1.95 bits per heavy atom. The summed E-state index contributed by atoms with van der Waals surface area (Å²) in [6, 6.07) is 10.9. The van der Waals surface area contributed by atoms with E-state index in [1.165, 1.54) is 0 Å². The fourth-order valence-electron chi connectivity index (χ4n) is 1.66. The van der Waals surface area contributed by atoms with Gasteiger partial charge in [-0.05, 0) is 76.8 Å². The first kappa shape index (κ1) is 16.8. The molecule has 2 nitrogen and oxygen atoms in total. The zero-order valence-electron chi connectivity index (χ0n) is 11.0. The van der Waals surface area contributed by atoms with Gasteiger partial charge in [0, 0.05) is 15.0 Å². The van der Waals surface area contributed by atoms with Crippen molar-refractivity contribution < 1.29 is 9.47 Å². The minimum Gasteiger partial charge on any atom is -0.490 e. The van der Waals surface area contributed by atoms with Crippen LogP contribution in [0.15, 0.2) is 36.4 Å². The van der Waals surface area contributed by atoms with Crippen molar-refractivity contribution in [1.82, 2.24) is 0 Å². The van der Waals surface area contributed by atoms with Crippen LogP contribution in [0.2, 0.25) is 10.0 Å². The van der Waals surface area contributed by atoms with Gasteiger partial charge in [0.15, 0.2) is 5.05 Å². The van der Waals surface area contributed by atoms with Crippen LogP contribution in [0.3, 0.4) is 0 Å². The molecule has 0 spiro atoms. The Labute approximate surface area is 152 Å². The average Bonchev–Trinajstić information content (AvgIpc) is 2.45. The predicted molar refractivity (Wildman–Crippen MR) is 99.0 cm³/mol. The van der Waals surface area contributed by atoms with Crippen molar-refractivity contribution in [2.45, 2.75) is 6.42 Å². The summed E-state index contributed by atoms with van der Waals surface area (Å²) in [5.74, 6) is 1.25. The second-order valence-corrected chi connectivity index (χ2v) is 6.64. The summed E-state index contributed by atoms with van der Waals surface area (Å²) in [5, 5.41) is 1.57. The van der Waals surface area contributed by atoms with Crippen LogP contribution >= 0.6 is 58.0 Å². The minimum atomic E-state index is 0.468. The summed E-state index contributed by atoms with van der Waals surface area (Å²) >= 11 is 19.3. The monoisotopic (exact) mass is 452 g/mol. The summed E-state index contributed by atoms with van der Waals surface area (Å²) in [5.41, 5.74) is 1.05. The molecule has 0 aliphatic carbocycles. The molecule has 0 saturated heterocycles. The van der Waals surface area contributed by atoms with Crippen LogP contribution in [-0.4, -0.2) is 12.2 Å². The van der Waals surface area contributed by atoms with Gasteiger partial charge in [-0.15, -0.1) is 0 Å². The van der Waals surface area contributed by atoms with Crippen molar-refractivity contribution in [3.8, 4) is 11.5 Å². The Morgan fingerprint density at radius 1 is 1.19 bits per heavy atom. The van der Waals surface area contributed by atoms with E-state index >= 15 is 0 Å². The van der Waals surface area contributed by atoms with Crippen molar-refractivity contribution in [2.75, 3.05) is 7.11 Å². The molecule has 0 amide bonds. The lowest BCUT2D eigenvalue weighted by molar-refractivity contribution is 0.406. The van der Waals surface area contributed by atoms with Gasteiger partial charge in [-0.2, -0.15) is 0 Å². The molecule has 0 aliphatic rings. The summed E-state index contributed by atoms with van der Waals surface area (Å²) in [6.07, 6.45) is 0.565. The van der Waals surface area contributed by atoms with Crippen molar-refractivity contribution in [3.05, 3.63) is 55.6 Å². The number of methoxy groups -OCH3 is 1. The Bertz CT molecular complexity index is 677. The third-order valence-electron chi connectivity index (χ3n) is 2.70. The number of thiocarbonyl (C=S) groups is 1. The maximum Gasteiger partial charge on any atom is 0.163 e. The summed E-state index contributed by atoms with van der Waals surface area (Å²) in [4.78, 5) is 0. The van der Waals surface area contributed by atoms with Gasteiger partial charge in [0.05, 0.1) is 12.1 Å². The predicted octanol–water partition coefficient (Wildman–Crippen LogP) is 5.91. The Morgan fingerprint density at radius 3 is 2.62 bits per heavy atom. The molecule has 0 N–H and O–H groups in total. The van der Waals surface area contributed by atoms with E-state index < -0.39 is 0 Å². The molecule has 0 fully saturated rings. The van der Waals surface area contributed by atoms with Crippen LogP contribution in [0.1, 0.15) is 5.56 Å². The SMILES string of the molecule is COC(=S)Cc1cc(Oc2ccc(Cl)cc2Cl)ccc1I. The summed E-state index contributed by atoms with van der Waals surface area (Å²) in [7, 11) is 1.57. The Hall–Kier alpha value is -0.560. The van der Waals surface area contributed by atoms with E-state index in [4.69, 9.17) is 44.9 Å². The fraction of sp³-hybridized carbons (Fsp3) is 0.133. The Balaban J connectivity index is 2.24. The molecule has 2 rings (SSSR count). The maximum absolute atomic E-state index is 6.11. The number of ether oxygens (including phenoxy) is 2. The zero-order chi connectivity index (χ0) is 15.4. The molecule has 0 bridgehead atoms. The van der Waals surface area contributed by atoms with Crippen molar-refractivity contribution in [2.24, 2.45) is 0 Å². The molecular formula is C15H11Cl2IO2S. The Kier molecular flexibility index (Phi) is 6.10. The first-order valence-corrected chi connectivity index (χ1v) is 8.22. The number of hydrogen-bond acceptors (Lipinski definition) is 3. The third kappa shape index (κ3) is 4.71. The largest absolute Gasteiger partial charge is 0.490 e. The van der Waals surface area contributed by atoms with Gasteiger partial charge in [-0.3, -0.25) is 0 Å². The van der Waals surface area contributed by atoms with Gasteiger partial charge >= 0.3 is 0 Å². The molecule has 110 valence electrons. The van der Waals surface area contributed by atoms with Crippen LogP contribution in [0, 0.1) is 3.57 Å². The van der Waals surface area contributed by atoms with Gasteiger partial charge in [0.25, 0.3) is 0 Å². The second kappa shape index (κ2) is 7.63. The van der Waals surface area contributed by atoms with E-state index in [9.17, 15) is 0 Å². The highest BCUT2D eigenvalue weighted by Crippen LogP contribution is 2.32. The molecule has 0 aromatic heterocycles. The lowest BCUT2D eigenvalue weighted by Gasteiger charge is -2.11. The van der Waals surface area contributed by atoms with Crippen LogP contribution in [0.25, 0.3) is 0 Å². The molecular weight excluding hydrogens is 442 g/mol. The molecule has 2 aromatic carbocycles. The first-order valence-electron chi connectivity index (χ1n) is 5.97. The fourth-order valence-corrected chi connectivity index (χ4v) is 2.79. The van der Waals surface area contributed by atoms with E-state index in [1.54, 1.807) is 25.3 Å². The molecule has 6 heteroatoms. The van der Waals surface area contributed by atoms with E-state index in [-0.39, 0.29) is 0 Å². The van der Waals surface area contributed by atoms with Crippen LogP contribution in [0.5, 0.6) is 11.5 Å². The molecule has 0 atom stereocenters. The number of hydrogen-bond donors (Lipinski definition) is 0. The lowest BCUT2D eigenvalue weighted by Crippen LogP contribution is -2.03. The van der Waals surface area contributed by atoms with Gasteiger partial charge in [0.1, 0.15) is 11.5 Å². The molecule has 0 aliphatic heterocycles. The average molecular weight is 453 g/mol. The van der Waals surface area contributed by atoms with Crippen LogP contribution < -0.4 is 4.74 Å². The molecule has 0 radical (unpaired) electrons. The molecule has 2 aromatic rings. The smallest absolute Gasteiger partial charge is 0.163 e. The number of halogens is 3. The maximum atomic E-state index is 6.11. The van der Waals surface area contributed by atoms with Crippen molar-refractivity contribution in [1.29, 1.82) is 0 Å². The molecule has 21 heavy (non-hydrogen) atoms. The molecule has 0 heterocycles. The van der Waals surface area contributed by atoms with E-state index in [0.29, 0.717) is 33.0 Å². The third-order valence-corrected chi connectivity index (χ3v) is 4.60. The quantitative estimate of drug-likeness (QED) is 0.424. The topological polar surface area (TPSA) is 18.5 Å². The number of benzene rings is 2. The van der Waals surface area contributed by atoms with Crippen LogP contribution in [-0.2, 0) is 11.2 Å². The van der Waals surface area contributed by atoms with E-state index in [2.05, 4.69) is 22.6 Å². The lowest BCUT2D eigenvalue weighted by atomic mass is 10.1. The van der Waals surface area contributed by atoms with Crippen molar-refractivity contribution in [3.63, 3.8) is 0 Å². The summed E-state index contributed by atoms with van der Waals surface area (Å²) < 4.78 is 11.9. The normalized spacial score (nSPS) is 10.3. The van der Waals surface area contributed by atoms with E-state index in [0.717, 1.165) is 9.13 Å². The highest BCUT2D eigenvalue weighted by Gasteiger charge is 2.08. The highest BCUT2D eigenvalue weighted by molar-refractivity contribution is 14.1.